The molecule has 3 heteroatoms. The second-order valence-corrected chi connectivity index (χ2v) is 6.15. The molecular weight excluding hydrogens is 274 g/mol. The van der Waals surface area contributed by atoms with Crippen molar-refractivity contribution in [2.24, 2.45) is 5.73 Å². The molecule has 0 spiro atoms. The molecule has 1 aliphatic rings. The van der Waals surface area contributed by atoms with Crippen LogP contribution in [-0.4, -0.2) is 6.79 Å². The van der Waals surface area contributed by atoms with E-state index >= 15 is 0 Å². The Bertz CT molecular complexity index is 634. The van der Waals surface area contributed by atoms with Gasteiger partial charge in [-0.15, -0.1) is 0 Å². The summed E-state index contributed by atoms with van der Waals surface area (Å²) < 4.78 is 10.7. The lowest BCUT2D eigenvalue weighted by Gasteiger charge is -2.14. The van der Waals surface area contributed by atoms with E-state index in [2.05, 4.69) is 50.2 Å². The molecule has 1 atom stereocenters. The first-order valence-electron chi connectivity index (χ1n) is 7.87. The third-order valence-electron chi connectivity index (χ3n) is 4.21. The molecule has 0 fully saturated rings. The third kappa shape index (κ3) is 3.25. The van der Waals surface area contributed by atoms with Crippen LogP contribution in [0.2, 0.25) is 0 Å². The second-order valence-electron chi connectivity index (χ2n) is 6.15. The van der Waals surface area contributed by atoms with Crippen molar-refractivity contribution in [3.63, 3.8) is 0 Å². The quantitative estimate of drug-likeness (QED) is 0.900. The number of ether oxygens (including phenoxy) is 2. The number of nitrogens with two attached hydrogens (primary N) is 1. The van der Waals surface area contributed by atoms with Crippen molar-refractivity contribution in [1.29, 1.82) is 0 Å². The molecule has 2 aromatic rings. The van der Waals surface area contributed by atoms with Crippen LogP contribution in [0.4, 0.5) is 0 Å². The minimum absolute atomic E-state index is 0.0617. The molecule has 3 rings (SSSR count). The van der Waals surface area contributed by atoms with Gasteiger partial charge in [0.25, 0.3) is 0 Å². The summed E-state index contributed by atoms with van der Waals surface area (Å²) in [6, 6.07) is 14.8. The van der Waals surface area contributed by atoms with Crippen molar-refractivity contribution in [2.45, 2.75) is 38.6 Å². The average molecular weight is 297 g/mol. The first-order chi connectivity index (χ1) is 10.6. The first-order valence-corrected chi connectivity index (χ1v) is 7.87. The summed E-state index contributed by atoms with van der Waals surface area (Å²) in [4.78, 5) is 0. The highest BCUT2D eigenvalue weighted by molar-refractivity contribution is 5.44. The molecule has 3 nitrogen and oxygen atoms in total. The van der Waals surface area contributed by atoms with Crippen molar-refractivity contribution in [1.82, 2.24) is 0 Å². The topological polar surface area (TPSA) is 44.5 Å². The smallest absolute Gasteiger partial charge is 0.231 e. The summed E-state index contributed by atoms with van der Waals surface area (Å²) in [5, 5.41) is 0. The Hall–Kier alpha value is -2.00. The van der Waals surface area contributed by atoms with Gasteiger partial charge >= 0.3 is 0 Å². The highest BCUT2D eigenvalue weighted by atomic mass is 16.7. The molecule has 2 N–H and O–H groups in total. The van der Waals surface area contributed by atoms with Crippen LogP contribution in [0.1, 0.15) is 48.9 Å². The maximum atomic E-state index is 6.33. The maximum absolute atomic E-state index is 6.33. The predicted molar refractivity (Wildman–Crippen MR) is 88.3 cm³/mol. The van der Waals surface area contributed by atoms with Gasteiger partial charge in [-0.25, -0.2) is 0 Å². The van der Waals surface area contributed by atoms with E-state index in [1.807, 2.05) is 6.07 Å². The molecule has 0 aliphatic carbocycles. The van der Waals surface area contributed by atoms with Crippen molar-refractivity contribution < 1.29 is 9.47 Å². The van der Waals surface area contributed by atoms with E-state index in [4.69, 9.17) is 15.2 Å². The molecule has 1 heterocycles. The molecule has 0 saturated carbocycles. The molecule has 0 amide bonds. The fourth-order valence-electron chi connectivity index (χ4n) is 2.71. The van der Waals surface area contributed by atoms with Crippen molar-refractivity contribution in [3.05, 3.63) is 59.2 Å². The molecule has 0 bridgehead atoms. The van der Waals surface area contributed by atoms with Gasteiger partial charge in [-0.1, -0.05) is 44.2 Å². The Morgan fingerprint density at radius 1 is 0.955 bits per heavy atom. The summed E-state index contributed by atoms with van der Waals surface area (Å²) in [6.45, 7) is 4.73. The Kier molecular flexibility index (Phi) is 4.34. The molecule has 22 heavy (non-hydrogen) atoms. The van der Waals surface area contributed by atoms with Gasteiger partial charge in [0, 0.05) is 6.04 Å². The van der Waals surface area contributed by atoms with Crippen LogP contribution < -0.4 is 15.2 Å². The van der Waals surface area contributed by atoms with Gasteiger partial charge in [-0.3, -0.25) is 0 Å². The van der Waals surface area contributed by atoms with Crippen LogP contribution >= 0.6 is 0 Å². The number of hydrogen-bond acceptors (Lipinski definition) is 3. The van der Waals surface area contributed by atoms with Crippen LogP contribution in [0.5, 0.6) is 11.5 Å². The van der Waals surface area contributed by atoms with E-state index in [1.165, 1.54) is 16.7 Å². The van der Waals surface area contributed by atoms with E-state index in [9.17, 15) is 0 Å². The van der Waals surface area contributed by atoms with Gasteiger partial charge in [0.05, 0.1) is 0 Å². The van der Waals surface area contributed by atoms with Gasteiger partial charge in [0.1, 0.15) is 0 Å². The molecule has 0 radical (unpaired) electrons. The number of hydrogen-bond donors (Lipinski definition) is 1. The number of benzene rings is 2. The Morgan fingerprint density at radius 2 is 1.64 bits per heavy atom. The second kappa shape index (κ2) is 6.41. The zero-order chi connectivity index (χ0) is 15.5. The first kappa shape index (κ1) is 14.9. The van der Waals surface area contributed by atoms with E-state index < -0.39 is 0 Å². The minimum Gasteiger partial charge on any atom is -0.454 e. The zero-order valence-corrected chi connectivity index (χ0v) is 13.2. The SMILES string of the molecule is CC(C)c1ccc(C(N)CCc2ccc3c(c2)OCO3)cc1. The van der Waals surface area contributed by atoms with Crippen LogP contribution in [0, 0.1) is 0 Å². The van der Waals surface area contributed by atoms with Gasteiger partial charge in [0.15, 0.2) is 11.5 Å². The number of fused-ring (bicyclic) bond motifs is 1. The largest absolute Gasteiger partial charge is 0.454 e. The normalized spacial score (nSPS) is 14.4. The maximum Gasteiger partial charge on any atom is 0.231 e. The van der Waals surface area contributed by atoms with Crippen LogP contribution in [-0.2, 0) is 6.42 Å². The fourth-order valence-corrected chi connectivity index (χ4v) is 2.71. The molecule has 1 aliphatic heterocycles. The molecule has 0 saturated heterocycles. The molecule has 0 aromatic heterocycles. The Morgan fingerprint density at radius 3 is 2.36 bits per heavy atom. The number of rotatable bonds is 5. The standard InChI is InChI=1S/C19H23NO2/c1-13(2)15-5-7-16(8-6-15)17(20)9-3-14-4-10-18-19(11-14)22-12-21-18/h4-8,10-11,13,17H,3,9,12,20H2,1-2H3. The lowest BCUT2D eigenvalue weighted by molar-refractivity contribution is 0.174. The summed E-state index contributed by atoms with van der Waals surface area (Å²) in [6.07, 6.45) is 1.85. The summed E-state index contributed by atoms with van der Waals surface area (Å²) in [7, 11) is 0. The van der Waals surface area contributed by atoms with E-state index in [1.54, 1.807) is 0 Å². The van der Waals surface area contributed by atoms with Crippen molar-refractivity contribution in [2.75, 3.05) is 6.79 Å². The van der Waals surface area contributed by atoms with Crippen molar-refractivity contribution >= 4 is 0 Å². The molecule has 116 valence electrons. The lowest BCUT2D eigenvalue weighted by atomic mass is 9.96. The van der Waals surface area contributed by atoms with Gasteiger partial charge in [0.2, 0.25) is 6.79 Å². The summed E-state index contributed by atoms with van der Waals surface area (Å²) in [5.74, 6) is 2.23. The van der Waals surface area contributed by atoms with Crippen LogP contribution in [0.3, 0.4) is 0 Å². The highest BCUT2D eigenvalue weighted by Gasteiger charge is 2.14. The number of aryl methyl sites for hydroxylation is 1. The monoisotopic (exact) mass is 297 g/mol. The highest BCUT2D eigenvalue weighted by Crippen LogP contribution is 2.33. The minimum atomic E-state index is 0.0617. The molecule has 2 aromatic carbocycles. The predicted octanol–water partition coefficient (Wildman–Crippen LogP) is 4.17. The van der Waals surface area contributed by atoms with E-state index in [0.717, 1.165) is 24.3 Å². The fraction of sp³-hybridized carbons (Fsp3) is 0.368. The van der Waals surface area contributed by atoms with Crippen LogP contribution in [0.15, 0.2) is 42.5 Å². The van der Waals surface area contributed by atoms with Crippen molar-refractivity contribution in [3.8, 4) is 11.5 Å². The lowest BCUT2D eigenvalue weighted by Crippen LogP contribution is -2.11. The zero-order valence-electron chi connectivity index (χ0n) is 13.2. The average Bonchev–Trinajstić information content (AvgIpc) is 3.00. The van der Waals surface area contributed by atoms with Crippen LogP contribution in [0.25, 0.3) is 0 Å². The van der Waals surface area contributed by atoms with Gasteiger partial charge in [-0.2, -0.15) is 0 Å². The van der Waals surface area contributed by atoms with Gasteiger partial charge < -0.3 is 15.2 Å². The Balaban J connectivity index is 1.61. The third-order valence-corrected chi connectivity index (χ3v) is 4.21. The van der Waals surface area contributed by atoms with Gasteiger partial charge in [-0.05, 0) is 47.6 Å². The van der Waals surface area contributed by atoms with E-state index in [0.29, 0.717) is 12.7 Å². The Labute approximate surface area is 132 Å². The summed E-state index contributed by atoms with van der Waals surface area (Å²) in [5.41, 5.74) is 10.1. The molecular formula is C19H23NO2. The molecule has 1 unspecified atom stereocenters. The summed E-state index contributed by atoms with van der Waals surface area (Å²) >= 11 is 0. The van der Waals surface area contributed by atoms with E-state index in [-0.39, 0.29) is 6.04 Å².